The molecule has 0 aromatic carbocycles. The molecule has 0 heterocycles. The van der Waals surface area contributed by atoms with Crippen molar-refractivity contribution >= 4 is 0 Å². The lowest BCUT2D eigenvalue weighted by Gasteiger charge is -2.21. The smallest absolute Gasteiger partial charge is 0.159 e. The number of hydrogen-bond donors (Lipinski definition) is 4. The predicted octanol–water partition coefficient (Wildman–Crippen LogP) is 0.642. The Hall–Kier alpha value is -0.200. The monoisotopic (exact) mass is 252 g/mol. The van der Waals surface area contributed by atoms with E-state index < -0.39 is 24.1 Å². The Morgan fingerprint density at radius 3 is 1.76 bits per heavy atom. The lowest BCUT2D eigenvalue weighted by atomic mass is 10.0. The van der Waals surface area contributed by atoms with E-state index in [9.17, 15) is 0 Å². The molecule has 106 valence electrons. The van der Waals surface area contributed by atoms with Crippen LogP contribution in [0.1, 0.15) is 47.5 Å². The molecule has 0 saturated heterocycles. The summed E-state index contributed by atoms with van der Waals surface area (Å²) in [7, 11) is 0. The summed E-state index contributed by atoms with van der Waals surface area (Å²) in [5.74, 6) is -0.949. The molecule has 0 rings (SSSR count). The third kappa shape index (κ3) is 15.8. The van der Waals surface area contributed by atoms with Gasteiger partial charge in [0.25, 0.3) is 0 Å². The van der Waals surface area contributed by atoms with Crippen molar-refractivity contribution < 1.29 is 25.2 Å². The van der Waals surface area contributed by atoms with E-state index in [0.29, 0.717) is 6.61 Å². The van der Waals surface area contributed by atoms with Crippen molar-refractivity contribution in [2.75, 3.05) is 13.2 Å². The van der Waals surface area contributed by atoms with Crippen LogP contribution in [0.25, 0.3) is 0 Å². The first-order chi connectivity index (χ1) is 7.54. The molecule has 0 fully saturated rings. The topological polar surface area (TPSA) is 90.2 Å². The summed E-state index contributed by atoms with van der Waals surface area (Å²) in [6.07, 6.45) is 1.09. The minimum atomic E-state index is -1.19. The van der Waals surface area contributed by atoms with E-state index in [1.807, 2.05) is 0 Å². The van der Waals surface area contributed by atoms with Gasteiger partial charge in [0.2, 0.25) is 0 Å². The number of aliphatic hydroxyl groups is 4. The van der Waals surface area contributed by atoms with Crippen LogP contribution in [-0.4, -0.2) is 51.1 Å². The summed E-state index contributed by atoms with van der Waals surface area (Å²) in [6, 6.07) is 0. The molecular formula is C12H28O5. The fourth-order valence-corrected chi connectivity index (χ4v) is 0.690. The molecule has 0 bridgehead atoms. The Morgan fingerprint density at radius 2 is 1.59 bits per heavy atom. The summed E-state index contributed by atoms with van der Waals surface area (Å²) < 4.78 is 5.03. The van der Waals surface area contributed by atoms with Crippen molar-refractivity contribution in [3.8, 4) is 0 Å². The Morgan fingerprint density at radius 1 is 1.12 bits per heavy atom. The predicted molar refractivity (Wildman–Crippen MR) is 66.5 cm³/mol. The van der Waals surface area contributed by atoms with Gasteiger partial charge in [-0.15, -0.1) is 0 Å². The van der Waals surface area contributed by atoms with Gasteiger partial charge in [0, 0.05) is 6.61 Å². The second-order valence-electron chi connectivity index (χ2n) is 5.00. The highest BCUT2D eigenvalue weighted by atomic mass is 16.6. The van der Waals surface area contributed by atoms with Crippen molar-refractivity contribution in [3.63, 3.8) is 0 Å². The third-order valence-corrected chi connectivity index (χ3v) is 1.94. The molecule has 4 N–H and O–H groups in total. The van der Waals surface area contributed by atoms with Gasteiger partial charge in [0.05, 0.1) is 12.2 Å². The molecule has 5 heteroatoms. The molecule has 1 atom stereocenters. The van der Waals surface area contributed by atoms with Gasteiger partial charge in [-0.3, -0.25) is 0 Å². The zero-order valence-electron chi connectivity index (χ0n) is 11.6. The molecule has 0 aromatic rings. The lowest BCUT2D eigenvalue weighted by molar-refractivity contribution is -0.176. The molecule has 17 heavy (non-hydrogen) atoms. The van der Waals surface area contributed by atoms with E-state index in [1.165, 1.54) is 13.8 Å². The van der Waals surface area contributed by atoms with Crippen LogP contribution >= 0.6 is 0 Å². The van der Waals surface area contributed by atoms with E-state index in [-0.39, 0.29) is 0 Å². The summed E-state index contributed by atoms with van der Waals surface area (Å²) in [5.41, 5.74) is -1.19. The van der Waals surface area contributed by atoms with Crippen LogP contribution in [0.2, 0.25) is 0 Å². The van der Waals surface area contributed by atoms with Crippen LogP contribution in [0.15, 0.2) is 0 Å². The van der Waals surface area contributed by atoms with Crippen LogP contribution < -0.4 is 0 Å². The maximum atomic E-state index is 9.02. The summed E-state index contributed by atoms with van der Waals surface area (Å²) >= 11 is 0. The quantitative estimate of drug-likeness (QED) is 0.411. The maximum Gasteiger partial charge on any atom is 0.159 e. The largest absolute Gasteiger partial charge is 0.394 e. The number of ether oxygens (including phenoxy) is 1. The average Bonchev–Trinajstić information content (AvgIpc) is 2.14. The van der Waals surface area contributed by atoms with E-state index >= 15 is 0 Å². The van der Waals surface area contributed by atoms with Gasteiger partial charge in [-0.1, -0.05) is 13.3 Å². The molecule has 0 spiro atoms. The zero-order valence-corrected chi connectivity index (χ0v) is 11.6. The van der Waals surface area contributed by atoms with Crippen LogP contribution in [0.3, 0.4) is 0 Å². The number of rotatable bonds is 6. The standard InChI is InChI=1S/C7H16O2.C5H12O3/c1-4-5-6-9-7(2,3)8;1-5(2,8)4(7)3-6/h8H,4-6H2,1-3H3;4,6-8H,3H2,1-2H3. The molecular weight excluding hydrogens is 224 g/mol. The first-order valence-corrected chi connectivity index (χ1v) is 5.92. The zero-order chi connectivity index (χ0) is 14.1. The SMILES string of the molecule is CC(C)(O)C(O)CO.CCCCOC(C)(C)O. The van der Waals surface area contributed by atoms with Gasteiger partial charge in [-0.05, 0) is 34.1 Å². The molecule has 5 nitrogen and oxygen atoms in total. The fourth-order valence-electron chi connectivity index (χ4n) is 0.690. The third-order valence-electron chi connectivity index (χ3n) is 1.94. The van der Waals surface area contributed by atoms with Crippen LogP contribution in [0.4, 0.5) is 0 Å². The van der Waals surface area contributed by atoms with Crippen molar-refractivity contribution in [3.05, 3.63) is 0 Å². The van der Waals surface area contributed by atoms with Gasteiger partial charge < -0.3 is 25.2 Å². The van der Waals surface area contributed by atoms with Crippen LogP contribution in [0, 0.1) is 0 Å². The second kappa shape index (κ2) is 8.83. The highest BCUT2D eigenvalue weighted by Crippen LogP contribution is 2.06. The minimum absolute atomic E-state index is 0.399. The second-order valence-corrected chi connectivity index (χ2v) is 5.00. The van der Waals surface area contributed by atoms with Gasteiger partial charge in [-0.2, -0.15) is 0 Å². The van der Waals surface area contributed by atoms with Gasteiger partial charge in [0.15, 0.2) is 5.79 Å². The van der Waals surface area contributed by atoms with Crippen LogP contribution in [0.5, 0.6) is 0 Å². The molecule has 0 aromatic heterocycles. The summed E-state index contributed by atoms with van der Waals surface area (Å²) in [4.78, 5) is 0. The molecule has 0 aliphatic carbocycles. The van der Waals surface area contributed by atoms with Crippen molar-refractivity contribution in [2.24, 2.45) is 0 Å². The minimum Gasteiger partial charge on any atom is -0.394 e. The van der Waals surface area contributed by atoms with Gasteiger partial charge in [0.1, 0.15) is 6.10 Å². The molecule has 0 saturated carbocycles. The molecule has 1 unspecified atom stereocenters. The Kier molecular flexibility index (Phi) is 9.94. The van der Waals surface area contributed by atoms with E-state index in [0.717, 1.165) is 12.8 Å². The van der Waals surface area contributed by atoms with Crippen molar-refractivity contribution in [2.45, 2.75) is 65.0 Å². The number of aliphatic hydroxyl groups excluding tert-OH is 2. The Bertz CT molecular complexity index is 169. The van der Waals surface area contributed by atoms with E-state index in [2.05, 4.69) is 6.92 Å². The van der Waals surface area contributed by atoms with Gasteiger partial charge >= 0.3 is 0 Å². The number of unbranched alkanes of at least 4 members (excludes halogenated alkanes) is 1. The molecule has 0 aliphatic rings. The Balaban J connectivity index is 0. The lowest BCUT2D eigenvalue weighted by Crippen LogP contribution is -2.38. The van der Waals surface area contributed by atoms with Crippen LogP contribution in [-0.2, 0) is 4.74 Å². The maximum absolute atomic E-state index is 9.02. The van der Waals surface area contributed by atoms with Crippen molar-refractivity contribution in [1.82, 2.24) is 0 Å². The highest BCUT2D eigenvalue weighted by molar-refractivity contribution is 4.74. The Labute approximate surface area is 104 Å². The van der Waals surface area contributed by atoms with E-state index in [1.54, 1.807) is 13.8 Å². The summed E-state index contributed by atoms with van der Waals surface area (Å²) in [5, 5.41) is 34.9. The first kappa shape index (κ1) is 19.1. The average molecular weight is 252 g/mol. The molecule has 0 aliphatic heterocycles. The number of hydrogen-bond acceptors (Lipinski definition) is 5. The highest BCUT2D eigenvalue weighted by Gasteiger charge is 2.22. The van der Waals surface area contributed by atoms with Gasteiger partial charge in [-0.25, -0.2) is 0 Å². The first-order valence-electron chi connectivity index (χ1n) is 5.92. The summed E-state index contributed by atoms with van der Waals surface area (Å²) in [6.45, 7) is 8.50. The molecule has 0 amide bonds. The normalized spacial score (nSPS) is 13.9. The fraction of sp³-hybridized carbons (Fsp3) is 1.00. The van der Waals surface area contributed by atoms with Crippen molar-refractivity contribution in [1.29, 1.82) is 0 Å². The molecule has 0 radical (unpaired) electrons. The van der Waals surface area contributed by atoms with E-state index in [4.69, 9.17) is 25.2 Å².